The van der Waals surface area contributed by atoms with E-state index in [1.165, 1.54) is 11.3 Å². The van der Waals surface area contributed by atoms with Crippen LogP contribution < -0.4 is 5.32 Å². The average Bonchev–Trinajstić information content (AvgIpc) is 2.46. The van der Waals surface area contributed by atoms with Crippen molar-refractivity contribution < 1.29 is 0 Å². The number of aromatic nitrogens is 2. The number of rotatable bonds is 5. The second kappa shape index (κ2) is 5.12. The molecule has 0 radical (unpaired) electrons. The molecular weight excluding hydrogens is 186 g/mol. The summed E-state index contributed by atoms with van der Waals surface area (Å²) in [5, 5.41) is 7.85. The molecule has 0 saturated carbocycles. The van der Waals surface area contributed by atoms with Crippen LogP contribution in [0.4, 0.5) is 0 Å². The molecule has 15 heavy (non-hydrogen) atoms. The minimum absolute atomic E-state index is 0.386. The molecule has 1 atom stereocenters. The van der Waals surface area contributed by atoms with E-state index >= 15 is 0 Å². The number of hydrogen-bond acceptors (Lipinski definition) is 2. The quantitative estimate of drug-likeness (QED) is 0.592. The van der Waals surface area contributed by atoms with Crippen LogP contribution in [0.25, 0.3) is 0 Å². The Morgan fingerprint density at radius 3 is 2.60 bits per heavy atom. The molecule has 0 bridgehead atoms. The van der Waals surface area contributed by atoms with Crippen LogP contribution in [-0.2, 0) is 0 Å². The molecule has 0 aliphatic rings. The van der Waals surface area contributed by atoms with Gasteiger partial charge in [-0.15, -0.1) is 6.58 Å². The standard InChI is InChI=1S/C12H21N3/c1-6-7-13-8-9(2)15-12(5)10(3)11(4)14-15/h6,9,13H,1,7-8H2,2-5H3. The molecule has 0 amide bonds. The zero-order valence-electron chi connectivity index (χ0n) is 10.2. The van der Waals surface area contributed by atoms with Gasteiger partial charge in [0.25, 0.3) is 0 Å². The maximum Gasteiger partial charge on any atom is 0.0625 e. The summed E-state index contributed by atoms with van der Waals surface area (Å²) in [4.78, 5) is 0. The van der Waals surface area contributed by atoms with Gasteiger partial charge < -0.3 is 5.32 Å². The average molecular weight is 207 g/mol. The molecule has 0 aliphatic heterocycles. The summed E-state index contributed by atoms with van der Waals surface area (Å²) >= 11 is 0. The Morgan fingerprint density at radius 2 is 2.13 bits per heavy atom. The number of nitrogens with zero attached hydrogens (tertiary/aromatic N) is 2. The van der Waals surface area contributed by atoms with E-state index in [1.807, 2.05) is 6.08 Å². The molecule has 0 fully saturated rings. The van der Waals surface area contributed by atoms with Gasteiger partial charge in [-0.25, -0.2) is 0 Å². The second-order valence-electron chi connectivity index (χ2n) is 4.04. The van der Waals surface area contributed by atoms with E-state index in [-0.39, 0.29) is 0 Å². The number of nitrogens with one attached hydrogen (secondary N) is 1. The van der Waals surface area contributed by atoms with Gasteiger partial charge in [-0.3, -0.25) is 4.68 Å². The van der Waals surface area contributed by atoms with Gasteiger partial charge in [0.15, 0.2) is 0 Å². The van der Waals surface area contributed by atoms with Crippen molar-refractivity contribution in [3.8, 4) is 0 Å². The lowest BCUT2D eigenvalue weighted by atomic mass is 10.2. The first-order chi connectivity index (χ1) is 7.07. The van der Waals surface area contributed by atoms with Crippen molar-refractivity contribution in [2.75, 3.05) is 13.1 Å². The van der Waals surface area contributed by atoms with E-state index in [0.717, 1.165) is 18.8 Å². The highest BCUT2D eigenvalue weighted by atomic mass is 15.3. The smallest absolute Gasteiger partial charge is 0.0625 e. The highest BCUT2D eigenvalue weighted by Crippen LogP contribution is 2.15. The van der Waals surface area contributed by atoms with E-state index in [0.29, 0.717) is 6.04 Å². The molecule has 1 aromatic rings. The van der Waals surface area contributed by atoms with Gasteiger partial charge in [0.05, 0.1) is 11.7 Å². The zero-order chi connectivity index (χ0) is 11.4. The Labute approximate surface area is 92.2 Å². The largest absolute Gasteiger partial charge is 0.311 e. The minimum Gasteiger partial charge on any atom is -0.311 e. The number of aryl methyl sites for hydroxylation is 1. The van der Waals surface area contributed by atoms with Crippen molar-refractivity contribution in [3.63, 3.8) is 0 Å². The molecule has 1 heterocycles. The lowest BCUT2D eigenvalue weighted by molar-refractivity contribution is 0.453. The third kappa shape index (κ3) is 2.69. The number of hydrogen-bond donors (Lipinski definition) is 1. The molecule has 0 saturated heterocycles. The fourth-order valence-corrected chi connectivity index (χ4v) is 1.66. The van der Waals surface area contributed by atoms with Gasteiger partial charge in [-0.05, 0) is 33.3 Å². The van der Waals surface area contributed by atoms with Gasteiger partial charge in [-0.1, -0.05) is 6.08 Å². The molecule has 1 aromatic heterocycles. The molecule has 1 unspecified atom stereocenters. The van der Waals surface area contributed by atoms with E-state index < -0.39 is 0 Å². The predicted octanol–water partition coefficient (Wildman–Crippen LogP) is 2.14. The monoisotopic (exact) mass is 207 g/mol. The van der Waals surface area contributed by atoms with Gasteiger partial charge in [-0.2, -0.15) is 5.10 Å². The lowest BCUT2D eigenvalue weighted by Gasteiger charge is -2.14. The van der Waals surface area contributed by atoms with Crippen LogP contribution in [0.2, 0.25) is 0 Å². The lowest BCUT2D eigenvalue weighted by Crippen LogP contribution is -2.24. The Kier molecular flexibility index (Phi) is 4.09. The Hall–Kier alpha value is -1.09. The summed E-state index contributed by atoms with van der Waals surface area (Å²) in [5.74, 6) is 0. The van der Waals surface area contributed by atoms with E-state index in [4.69, 9.17) is 0 Å². The molecule has 84 valence electrons. The first kappa shape index (κ1) is 12.0. The van der Waals surface area contributed by atoms with Crippen molar-refractivity contribution in [1.82, 2.24) is 15.1 Å². The summed E-state index contributed by atoms with van der Waals surface area (Å²) in [6, 6.07) is 0.386. The molecule has 3 nitrogen and oxygen atoms in total. The SMILES string of the molecule is C=CCNCC(C)n1nc(C)c(C)c1C. The van der Waals surface area contributed by atoms with Crippen LogP contribution in [0.1, 0.15) is 29.9 Å². The third-order valence-corrected chi connectivity index (χ3v) is 2.83. The minimum atomic E-state index is 0.386. The summed E-state index contributed by atoms with van der Waals surface area (Å²) in [5.41, 5.74) is 3.69. The summed E-state index contributed by atoms with van der Waals surface area (Å²) in [6.45, 7) is 13.9. The van der Waals surface area contributed by atoms with E-state index in [1.54, 1.807) is 0 Å². The first-order valence-corrected chi connectivity index (χ1v) is 5.41. The second-order valence-corrected chi connectivity index (χ2v) is 4.04. The van der Waals surface area contributed by atoms with E-state index in [2.05, 4.69) is 49.4 Å². The molecule has 3 heteroatoms. The highest BCUT2D eigenvalue weighted by molar-refractivity contribution is 5.22. The third-order valence-electron chi connectivity index (χ3n) is 2.83. The van der Waals surface area contributed by atoms with Crippen LogP contribution >= 0.6 is 0 Å². The molecule has 0 aromatic carbocycles. The van der Waals surface area contributed by atoms with Crippen LogP contribution in [0, 0.1) is 20.8 Å². The Morgan fingerprint density at radius 1 is 1.47 bits per heavy atom. The van der Waals surface area contributed by atoms with Gasteiger partial charge in [0.1, 0.15) is 0 Å². The Balaban J connectivity index is 2.69. The summed E-state index contributed by atoms with van der Waals surface area (Å²) in [6.07, 6.45) is 1.87. The highest BCUT2D eigenvalue weighted by Gasteiger charge is 2.11. The van der Waals surface area contributed by atoms with Crippen LogP contribution in [-0.4, -0.2) is 22.9 Å². The van der Waals surface area contributed by atoms with Crippen molar-refractivity contribution in [2.24, 2.45) is 0 Å². The summed E-state index contributed by atoms with van der Waals surface area (Å²) < 4.78 is 2.10. The van der Waals surface area contributed by atoms with Crippen molar-refractivity contribution >= 4 is 0 Å². The first-order valence-electron chi connectivity index (χ1n) is 5.41. The normalized spacial score (nSPS) is 12.8. The predicted molar refractivity (Wildman–Crippen MR) is 64.2 cm³/mol. The fraction of sp³-hybridized carbons (Fsp3) is 0.583. The van der Waals surface area contributed by atoms with Crippen molar-refractivity contribution in [2.45, 2.75) is 33.7 Å². The molecule has 1 N–H and O–H groups in total. The maximum atomic E-state index is 4.54. The van der Waals surface area contributed by atoms with Gasteiger partial charge >= 0.3 is 0 Å². The van der Waals surface area contributed by atoms with Crippen molar-refractivity contribution in [1.29, 1.82) is 0 Å². The fourth-order valence-electron chi connectivity index (χ4n) is 1.66. The van der Waals surface area contributed by atoms with Gasteiger partial charge in [0, 0.05) is 18.8 Å². The van der Waals surface area contributed by atoms with Crippen molar-refractivity contribution in [3.05, 3.63) is 29.6 Å². The van der Waals surface area contributed by atoms with Crippen LogP contribution in [0.15, 0.2) is 12.7 Å². The molecule has 0 spiro atoms. The van der Waals surface area contributed by atoms with Crippen LogP contribution in [0.3, 0.4) is 0 Å². The van der Waals surface area contributed by atoms with Crippen LogP contribution in [0.5, 0.6) is 0 Å². The molecule has 1 rings (SSSR count). The van der Waals surface area contributed by atoms with Gasteiger partial charge in [0.2, 0.25) is 0 Å². The van der Waals surface area contributed by atoms with E-state index in [9.17, 15) is 0 Å². The Bertz CT molecular complexity index is 339. The zero-order valence-corrected chi connectivity index (χ0v) is 10.2. The maximum absolute atomic E-state index is 4.54. The molecular formula is C12H21N3. The topological polar surface area (TPSA) is 29.9 Å². The molecule has 0 aliphatic carbocycles. The summed E-state index contributed by atoms with van der Waals surface area (Å²) in [7, 11) is 0.